The number of Topliss-reactive ketones (excluding diaryl/α,β-unsaturated/α-hetero) is 1. The van der Waals surface area contributed by atoms with Gasteiger partial charge in [0, 0.05) is 23.4 Å². The van der Waals surface area contributed by atoms with Gasteiger partial charge in [0.15, 0.2) is 5.78 Å². The third-order valence-electron chi connectivity index (χ3n) is 5.68. The van der Waals surface area contributed by atoms with Gasteiger partial charge in [-0.2, -0.15) is 0 Å². The van der Waals surface area contributed by atoms with Crippen molar-refractivity contribution in [3.8, 4) is 0 Å². The predicted octanol–water partition coefficient (Wildman–Crippen LogP) is 4.73. The SMILES string of the molecule is CCOC(=O)c1c(C)c(C(=O)CN(Cc2ccco2)C(=O)c2ccc(C)cc2)c(C)n1CC. The molecule has 3 aromatic rings. The molecule has 0 bridgehead atoms. The van der Waals surface area contributed by atoms with Crippen LogP contribution in [0.5, 0.6) is 0 Å². The summed E-state index contributed by atoms with van der Waals surface area (Å²) in [4.78, 5) is 40.8. The Morgan fingerprint density at radius 3 is 2.30 bits per heavy atom. The summed E-state index contributed by atoms with van der Waals surface area (Å²) < 4.78 is 12.4. The van der Waals surface area contributed by atoms with E-state index >= 15 is 0 Å². The maximum Gasteiger partial charge on any atom is 0.355 e. The summed E-state index contributed by atoms with van der Waals surface area (Å²) in [5.74, 6) is -0.386. The van der Waals surface area contributed by atoms with Crippen molar-refractivity contribution < 1.29 is 23.5 Å². The fourth-order valence-corrected chi connectivity index (χ4v) is 4.09. The summed E-state index contributed by atoms with van der Waals surface area (Å²) in [6.45, 7) is 9.94. The lowest BCUT2D eigenvalue weighted by molar-refractivity contribution is 0.0512. The zero-order chi connectivity index (χ0) is 24.1. The van der Waals surface area contributed by atoms with Crippen LogP contribution in [0.15, 0.2) is 47.1 Å². The minimum Gasteiger partial charge on any atom is -0.467 e. The topological polar surface area (TPSA) is 81.8 Å². The normalized spacial score (nSPS) is 10.8. The molecule has 0 N–H and O–H groups in total. The van der Waals surface area contributed by atoms with Crippen LogP contribution in [0.3, 0.4) is 0 Å². The van der Waals surface area contributed by atoms with Gasteiger partial charge >= 0.3 is 5.97 Å². The third-order valence-corrected chi connectivity index (χ3v) is 5.68. The number of carbonyl (C=O) groups is 3. The maximum atomic E-state index is 13.5. The van der Waals surface area contributed by atoms with Crippen LogP contribution in [0.1, 0.15) is 67.6 Å². The fourth-order valence-electron chi connectivity index (χ4n) is 4.09. The molecule has 7 heteroatoms. The minimum atomic E-state index is -0.456. The summed E-state index contributed by atoms with van der Waals surface area (Å²) in [5, 5.41) is 0. The Bertz CT molecular complexity index is 1140. The number of nitrogens with zero attached hydrogens (tertiary/aromatic N) is 2. The van der Waals surface area contributed by atoms with Crippen molar-refractivity contribution in [2.24, 2.45) is 0 Å². The van der Waals surface area contributed by atoms with Gasteiger partial charge in [-0.05, 0) is 64.4 Å². The van der Waals surface area contributed by atoms with Crippen molar-refractivity contribution >= 4 is 17.7 Å². The van der Waals surface area contributed by atoms with E-state index in [1.807, 2.05) is 32.9 Å². The van der Waals surface area contributed by atoms with Gasteiger partial charge in [0.05, 0.1) is 26.0 Å². The predicted molar refractivity (Wildman–Crippen MR) is 124 cm³/mol. The quantitative estimate of drug-likeness (QED) is 0.348. The fraction of sp³-hybridized carbons (Fsp3) is 0.346. The van der Waals surface area contributed by atoms with Crippen molar-refractivity contribution in [1.29, 1.82) is 0 Å². The highest BCUT2D eigenvalue weighted by atomic mass is 16.5. The number of hydrogen-bond donors (Lipinski definition) is 0. The molecule has 1 amide bonds. The standard InChI is InChI=1S/C26H30N2O5/c1-6-28-19(5)23(18(4)24(28)26(31)32-7-2)22(29)16-27(15-21-9-8-14-33-21)25(30)20-12-10-17(3)11-13-20/h8-14H,6-7,15-16H2,1-5H3. The Hall–Kier alpha value is -3.61. The Kier molecular flexibility index (Phi) is 7.53. The van der Waals surface area contributed by atoms with E-state index in [9.17, 15) is 14.4 Å². The van der Waals surface area contributed by atoms with Gasteiger partial charge < -0.3 is 18.6 Å². The van der Waals surface area contributed by atoms with Crippen molar-refractivity contribution in [3.63, 3.8) is 0 Å². The van der Waals surface area contributed by atoms with Crippen molar-refractivity contribution in [2.75, 3.05) is 13.2 Å². The van der Waals surface area contributed by atoms with E-state index in [0.29, 0.717) is 40.4 Å². The minimum absolute atomic E-state index is 0.148. The Morgan fingerprint density at radius 2 is 1.73 bits per heavy atom. The first kappa shape index (κ1) is 24.0. The van der Waals surface area contributed by atoms with Gasteiger partial charge in [-0.15, -0.1) is 0 Å². The first-order chi connectivity index (χ1) is 15.8. The molecule has 0 aliphatic carbocycles. The lowest BCUT2D eigenvalue weighted by Gasteiger charge is -2.21. The number of hydrogen-bond acceptors (Lipinski definition) is 5. The Balaban J connectivity index is 1.96. The van der Waals surface area contributed by atoms with Crippen LogP contribution in [0, 0.1) is 20.8 Å². The summed E-state index contributed by atoms with van der Waals surface area (Å²) in [6.07, 6.45) is 1.53. The molecule has 2 heterocycles. The highest BCUT2D eigenvalue weighted by Gasteiger charge is 2.29. The number of amides is 1. The first-order valence-corrected chi connectivity index (χ1v) is 11.1. The molecule has 7 nitrogen and oxygen atoms in total. The number of benzene rings is 1. The number of carbonyl (C=O) groups excluding carboxylic acids is 3. The number of ketones is 1. The molecule has 3 rings (SSSR count). The van der Waals surface area contributed by atoms with Crippen LogP contribution < -0.4 is 0 Å². The second-order valence-electron chi connectivity index (χ2n) is 7.93. The van der Waals surface area contributed by atoms with E-state index in [4.69, 9.17) is 9.15 Å². The van der Waals surface area contributed by atoms with Crippen molar-refractivity contribution in [3.05, 3.63) is 82.1 Å². The Labute approximate surface area is 193 Å². The first-order valence-electron chi connectivity index (χ1n) is 11.1. The number of aromatic nitrogens is 1. The van der Waals surface area contributed by atoms with E-state index in [0.717, 1.165) is 5.56 Å². The molecule has 2 aromatic heterocycles. The van der Waals surface area contributed by atoms with Crippen molar-refractivity contribution in [2.45, 2.75) is 47.7 Å². The molecule has 0 aliphatic heterocycles. The van der Waals surface area contributed by atoms with Crippen LogP contribution in [0.2, 0.25) is 0 Å². The molecule has 174 valence electrons. The molecule has 1 aromatic carbocycles. The number of furan rings is 1. The van der Waals surface area contributed by atoms with Crippen LogP contribution in [0.25, 0.3) is 0 Å². The molecule has 0 saturated heterocycles. The van der Waals surface area contributed by atoms with Crippen LogP contribution in [-0.2, 0) is 17.8 Å². The second-order valence-corrected chi connectivity index (χ2v) is 7.93. The Morgan fingerprint density at radius 1 is 1.03 bits per heavy atom. The maximum absolute atomic E-state index is 13.5. The lowest BCUT2D eigenvalue weighted by Crippen LogP contribution is -2.35. The zero-order valence-electron chi connectivity index (χ0n) is 19.8. The van der Waals surface area contributed by atoms with E-state index in [1.54, 1.807) is 42.7 Å². The van der Waals surface area contributed by atoms with Crippen LogP contribution in [0.4, 0.5) is 0 Å². The zero-order valence-corrected chi connectivity index (χ0v) is 19.8. The number of rotatable bonds is 9. The molecular formula is C26H30N2O5. The third kappa shape index (κ3) is 5.08. The molecule has 0 radical (unpaired) electrons. The van der Waals surface area contributed by atoms with Gasteiger partial charge in [0.2, 0.25) is 0 Å². The van der Waals surface area contributed by atoms with Gasteiger partial charge in [-0.25, -0.2) is 4.79 Å². The van der Waals surface area contributed by atoms with E-state index < -0.39 is 5.97 Å². The molecule has 0 atom stereocenters. The monoisotopic (exact) mass is 450 g/mol. The summed E-state index contributed by atoms with van der Waals surface area (Å²) >= 11 is 0. The van der Waals surface area contributed by atoms with E-state index in [-0.39, 0.29) is 31.4 Å². The molecule has 0 aliphatic rings. The van der Waals surface area contributed by atoms with Gasteiger partial charge in [0.25, 0.3) is 5.91 Å². The van der Waals surface area contributed by atoms with Crippen molar-refractivity contribution in [1.82, 2.24) is 9.47 Å². The molecule has 33 heavy (non-hydrogen) atoms. The largest absolute Gasteiger partial charge is 0.467 e. The highest BCUT2D eigenvalue weighted by Crippen LogP contribution is 2.25. The molecular weight excluding hydrogens is 420 g/mol. The summed E-state index contributed by atoms with van der Waals surface area (Å²) in [6, 6.07) is 10.7. The van der Waals surface area contributed by atoms with Crippen LogP contribution >= 0.6 is 0 Å². The average Bonchev–Trinajstić information content (AvgIpc) is 3.38. The van der Waals surface area contributed by atoms with Gasteiger partial charge in [-0.1, -0.05) is 17.7 Å². The summed E-state index contributed by atoms with van der Waals surface area (Å²) in [5.41, 5.74) is 3.61. The molecule has 0 spiro atoms. The van der Waals surface area contributed by atoms with Crippen LogP contribution in [-0.4, -0.2) is 40.3 Å². The number of ether oxygens (including phenoxy) is 1. The highest BCUT2D eigenvalue weighted by molar-refractivity contribution is 6.06. The smallest absolute Gasteiger partial charge is 0.355 e. The van der Waals surface area contributed by atoms with E-state index in [1.165, 1.54) is 11.2 Å². The summed E-state index contributed by atoms with van der Waals surface area (Å²) in [7, 11) is 0. The molecule has 0 fully saturated rings. The number of esters is 1. The number of aryl methyl sites for hydroxylation is 1. The van der Waals surface area contributed by atoms with Gasteiger partial charge in [0.1, 0.15) is 11.5 Å². The molecule has 0 unspecified atom stereocenters. The second kappa shape index (κ2) is 10.3. The average molecular weight is 451 g/mol. The molecule has 0 saturated carbocycles. The lowest BCUT2D eigenvalue weighted by atomic mass is 10.0. The van der Waals surface area contributed by atoms with Gasteiger partial charge in [-0.3, -0.25) is 9.59 Å². The van der Waals surface area contributed by atoms with E-state index in [2.05, 4.69) is 0 Å².